The highest BCUT2D eigenvalue weighted by atomic mass is 31.2. The van der Waals surface area contributed by atoms with E-state index < -0.39 is 44.1 Å². The van der Waals surface area contributed by atoms with Crippen LogP contribution in [0, 0.1) is 0 Å². The van der Waals surface area contributed by atoms with Gasteiger partial charge >= 0.3 is 13.5 Å². The monoisotopic (exact) mass is 410 g/mol. The number of aromatic nitrogens is 2. The topological polar surface area (TPSA) is 151 Å². The highest BCUT2D eigenvalue weighted by Gasteiger charge is 2.37. The summed E-state index contributed by atoms with van der Waals surface area (Å²) < 4.78 is 21.8. The van der Waals surface area contributed by atoms with E-state index in [2.05, 4.69) is 9.51 Å². The fourth-order valence-electron chi connectivity index (χ4n) is 2.79. The lowest BCUT2D eigenvalue weighted by Gasteiger charge is -2.16. The molecule has 10 nitrogen and oxygen atoms in total. The number of H-pyrrole nitrogens is 1. The zero-order valence-corrected chi connectivity index (χ0v) is 15.4. The number of phosphoric ester groups is 1. The van der Waals surface area contributed by atoms with Gasteiger partial charge in [0.1, 0.15) is 12.3 Å². The van der Waals surface area contributed by atoms with E-state index in [4.69, 9.17) is 14.5 Å². The van der Waals surface area contributed by atoms with Gasteiger partial charge in [0.05, 0.1) is 18.3 Å². The van der Waals surface area contributed by atoms with Gasteiger partial charge in [-0.25, -0.2) is 9.36 Å². The fraction of sp³-hybridized carbons (Fsp3) is 0.294. The van der Waals surface area contributed by atoms with Crippen LogP contribution in [0.2, 0.25) is 0 Å². The van der Waals surface area contributed by atoms with Crippen LogP contribution in [0.15, 0.2) is 46.1 Å². The Morgan fingerprint density at radius 2 is 1.96 bits per heavy atom. The molecular formula is C17H19N2O8P. The molecule has 11 heteroatoms. The number of benzene rings is 1. The van der Waals surface area contributed by atoms with E-state index in [-0.39, 0.29) is 12.0 Å². The maximum absolute atomic E-state index is 12.1. The molecule has 0 bridgehead atoms. The second kappa shape index (κ2) is 8.36. The summed E-state index contributed by atoms with van der Waals surface area (Å²) >= 11 is 0. The fourth-order valence-corrected chi connectivity index (χ4v) is 3.13. The van der Waals surface area contributed by atoms with Crippen molar-refractivity contribution in [2.75, 3.05) is 6.61 Å². The maximum atomic E-state index is 12.1. The van der Waals surface area contributed by atoms with Crippen molar-refractivity contribution in [2.45, 2.75) is 24.9 Å². The predicted molar refractivity (Wildman–Crippen MR) is 99.2 cm³/mol. The van der Waals surface area contributed by atoms with Crippen LogP contribution in [-0.4, -0.2) is 43.3 Å². The lowest BCUT2D eigenvalue weighted by Crippen LogP contribution is -2.33. The summed E-state index contributed by atoms with van der Waals surface area (Å²) in [6.07, 6.45) is 1.50. The number of phosphoric acid groups is 1. The molecule has 1 fully saturated rings. The van der Waals surface area contributed by atoms with Gasteiger partial charge in [0.2, 0.25) is 0 Å². The van der Waals surface area contributed by atoms with Crippen LogP contribution in [0.5, 0.6) is 0 Å². The summed E-state index contributed by atoms with van der Waals surface area (Å²) in [5, 5.41) is 10.0. The van der Waals surface area contributed by atoms with E-state index in [0.717, 1.165) is 10.1 Å². The molecule has 0 aliphatic carbocycles. The average Bonchev–Trinajstić information content (AvgIpc) is 3.00. The van der Waals surface area contributed by atoms with Gasteiger partial charge in [-0.1, -0.05) is 36.4 Å². The molecule has 0 radical (unpaired) electrons. The van der Waals surface area contributed by atoms with Crippen molar-refractivity contribution in [3.05, 3.63) is 68.5 Å². The SMILES string of the molecule is O=c1[nH]c(=O)n([C@H]2C[C@H](O)[C@@H](COP(=O)(O)O)O2)cc1/C=C/c1ccccc1. The number of aliphatic hydroxyl groups excluding tert-OH is 1. The van der Waals surface area contributed by atoms with E-state index in [9.17, 15) is 19.3 Å². The number of nitrogens with one attached hydrogen (secondary N) is 1. The van der Waals surface area contributed by atoms with Crippen LogP contribution < -0.4 is 11.2 Å². The molecule has 0 unspecified atom stereocenters. The molecule has 2 heterocycles. The first-order valence-electron chi connectivity index (χ1n) is 8.35. The highest BCUT2D eigenvalue weighted by molar-refractivity contribution is 7.46. The molecule has 0 saturated carbocycles. The van der Waals surface area contributed by atoms with Gasteiger partial charge in [0, 0.05) is 12.6 Å². The van der Waals surface area contributed by atoms with Gasteiger partial charge in [-0.15, -0.1) is 0 Å². The minimum absolute atomic E-state index is 0.0109. The van der Waals surface area contributed by atoms with Crippen molar-refractivity contribution in [1.82, 2.24) is 9.55 Å². The van der Waals surface area contributed by atoms with Crippen molar-refractivity contribution in [1.29, 1.82) is 0 Å². The largest absolute Gasteiger partial charge is 0.469 e. The Bertz CT molecular complexity index is 1010. The Kier molecular flexibility index (Phi) is 6.09. The lowest BCUT2D eigenvalue weighted by atomic mass is 10.2. The highest BCUT2D eigenvalue weighted by Crippen LogP contribution is 2.38. The number of aromatic amines is 1. The molecule has 28 heavy (non-hydrogen) atoms. The molecule has 150 valence electrons. The maximum Gasteiger partial charge on any atom is 0.469 e. The summed E-state index contributed by atoms with van der Waals surface area (Å²) in [5.74, 6) is 0. The summed E-state index contributed by atoms with van der Waals surface area (Å²) in [7, 11) is -4.71. The molecule has 3 atom stereocenters. The zero-order chi connectivity index (χ0) is 20.3. The lowest BCUT2D eigenvalue weighted by molar-refractivity contribution is -0.0451. The second-order valence-electron chi connectivity index (χ2n) is 6.21. The average molecular weight is 410 g/mol. The van der Waals surface area contributed by atoms with Crippen LogP contribution in [0.25, 0.3) is 12.2 Å². The number of hydrogen-bond acceptors (Lipinski definition) is 6. The Morgan fingerprint density at radius 3 is 2.64 bits per heavy atom. The third-order valence-corrected chi connectivity index (χ3v) is 4.66. The van der Waals surface area contributed by atoms with Crippen molar-refractivity contribution in [3.8, 4) is 0 Å². The van der Waals surface area contributed by atoms with Crippen LogP contribution >= 0.6 is 7.82 Å². The van der Waals surface area contributed by atoms with Gasteiger partial charge in [0.25, 0.3) is 5.56 Å². The minimum atomic E-state index is -4.71. The zero-order valence-electron chi connectivity index (χ0n) is 14.5. The number of aliphatic hydroxyl groups is 1. The number of nitrogens with zero attached hydrogens (tertiary/aromatic N) is 1. The van der Waals surface area contributed by atoms with E-state index in [1.165, 1.54) is 6.20 Å². The van der Waals surface area contributed by atoms with Gasteiger partial charge in [0.15, 0.2) is 0 Å². The van der Waals surface area contributed by atoms with Gasteiger partial charge < -0.3 is 19.6 Å². The first-order chi connectivity index (χ1) is 13.2. The summed E-state index contributed by atoms with van der Waals surface area (Å²) in [6.45, 7) is -0.541. The first-order valence-corrected chi connectivity index (χ1v) is 9.88. The van der Waals surface area contributed by atoms with Crippen molar-refractivity contribution in [3.63, 3.8) is 0 Å². The summed E-state index contributed by atoms with van der Waals surface area (Å²) in [6, 6.07) is 9.25. The third kappa shape index (κ3) is 5.14. The smallest absolute Gasteiger partial charge is 0.390 e. The van der Waals surface area contributed by atoms with Crippen LogP contribution in [0.4, 0.5) is 0 Å². The third-order valence-electron chi connectivity index (χ3n) is 4.17. The molecule has 1 saturated heterocycles. The molecule has 3 rings (SSSR count). The number of rotatable bonds is 6. The summed E-state index contributed by atoms with van der Waals surface area (Å²) in [4.78, 5) is 43.9. The van der Waals surface area contributed by atoms with Crippen LogP contribution in [-0.2, 0) is 13.8 Å². The second-order valence-corrected chi connectivity index (χ2v) is 7.45. The Hall–Kier alpha value is -2.33. The quantitative estimate of drug-likeness (QED) is 0.502. The molecule has 1 aliphatic heterocycles. The van der Waals surface area contributed by atoms with E-state index in [1.54, 1.807) is 12.2 Å². The number of ether oxygens (including phenoxy) is 1. The Balaban J connectivity index is 1.81. The molecular weight excluding hydrogens is 391 g/mol. The molecule has 1 aromatic carbocycles. The molecule has 2 aromatic rings. The van der Waals surface area contributed by atoms with Crippen molar-refractivity contribution in [2.24, 2.45) is 0 Å². The van der Waals surface area contributed by atoms with Gasteiger partial charge in [-0.2, -0.15) is 0 Å². The molecule has 4 N–H and O–H groups in total. The van der Waals surface area contributed by atoms with Gasteiger partial charge in [-0.05, 0) is 11.6 Å². The summed E-state index contributed by atoms with van der Waals surface area (Å²) in [5.41, 5.74) is -0.234. The van der Waals surface area contributed by atoms with Crippen LogP contribution in [0.1, 0.15) is 23.8 Å². The Labute approximate surface area is 158 Å². The molecule has 0 spiro atoms. The van der Waals surface area contributed by atoms with E-state index in [1.807, 2.05) is 30.3 Å². The van der Waals surface area contributed by atoms with E-state index in [0.29, 0.717) is 0 Å². The predicted octanol–water partition coefficient (Wildman–Crippen LogP) is 0.465. The van der Waals surface area contributed by atoms with Gasteiger partial charge in [-0.3, -0.25) is 18.9 Å². The van der Waals surface area contributed by atoms with Crippen molar-refractivity contribution >= 4 is 20.0 Å². The van der Waals surface area contributed by atoms with Crippen LogP contribution in [0.3, 0.4) is 0 Å². The molecule has 1 aromatic heterocycles. The number of hydrogen-bond donors (Lipinski definition) is 4. The van der Waals surface area contributed by atoms with E-state index >= 15 is 0 Å². The minimum Gasteiger partial charge on any atom is -0.390 e. The Morgan fingerprint density at radius 1 is 1.25 bits per heavy atom. The normalized spacial score (nSPS) is 22.8. The standard InChI is InChI=1S/C17H19N2O8P/c20-13-8-15(27-14(13)10-26-28(23,24)25)19-9-12(16(21)18-17(19)22)7-6-11-4-2-1-3-5-11/h1-7,9,13-15,20H,8,10H2,(H,18,21,22)(H2,23,24,25)/b7-6+/t13-,14+,15+/m0/s1. The van der Waals surface area contributed by atoms with Crippen molar-refractivity contribution < 1.29 is 28.7 Å². The first kappa shape index (κ1) is 20.4. The molecule has 1 aliphatic rings. The molecule has 0 amide bonds.